The zero-order chi connectivity index (χ0) is 16.0. The van der Waals surface area contributed by atoms with Crippen LogP contribution < -0.4 is 5.32 Å². The molecule has 0 saturated carbocycles. The number of piperazine rings is 1. The minimum absolute atomic E-state index is 0.321. The molecule has 0 radical (unpaired) electrons. The van der Waals surface area contributed by atoms with Crippen LogP contribution in [0.1, 0.15) is 33.6 Å². The number of aliphatic hydroxyl groups is 1. The quantitative estimate of drug-likeness (QED) is 0.658. The van der Waals surface area contributed by atoms with Gasteiger partial charge in [0.25, 0.3) is 0 Å². The molecular formula is C14H27N3O4. The van der Waals surface area contributed by atoms with E-state index in [1.165, 1.54) is 0 Å². The van der Waals surface area contributed by atoms with Gasteiger partial charge in [0, 0.05) is 32.7 Å². The number of carboxylic acid groups (broad SMARTS) is 1. The van der Waals surface area contributed by atoms with Gasteiger partial charge in [0.2, 0.25) is 0 Å². The minimum atomic E-state index is -0.995. The number of hydrogen-bond acceptors (Lipinski definition) is 4. The van der Waals surface area contributed by atoms with Gasteiger partial charge in [-0.3, -0.25) is 4.90 Å². The molecule has 0 unspecified atom stereocenters. The topological polar surface area (TPSA) is 93.1 Å². The van der Waals surface area contributed by atoms with Crippen molar-refractivity contribution in [2.24, 2.45) is 0 Å². The second kappa shape index (κ2) is 7.61. The molecule has 2 amide bonds. The first kappa shape index (κ1) is 17.7. The van der Waals surface area contributed by atoms with Crippen molar-refractivity contribution in [3.63, 3.8) is 0 Å². The number of carbonyl (C=O) groups excluding carboxylic acids is 1. The van der Waals surface area contributed by atoms with E-state index in [2.05, 4.69) is 10.2 Å². The Hall–Kier alpha value is -1.34. The second-order valence-electron chi connectivity index (χ2n) is 6.20. The first-order chi connectivity index (χ1) is 9.73. The minimum Gasteiger partial charge on any atom is -0.480 e. The van der Waals surface area contributed by atoms with E-state index in [9.17, 15) is 14.7 Å². The summed E-state index contributed by atoms with van der Waals surface area (Å²) in [6, 6.07) is -1.14. The van der Waals surface area contributed by atoms with Crippen molar-refractivity contribution >= 4 is 12.0 Å². The molecule has 0 aromatic carbocycles. The SMILES string of the molecule is CCC[C@@H](NC(=O)N1CCN(CC(C)(C)O)CC1)C(=O)O. The number of β-amino-alcohol motifs (C(OH)–C–C–N with tert-alkyl or cyclic N) is 1. The molecule has 0 bridgehead atoms. The fraction of sp³-hybridized carbons (Fsp3) is 0.857. The largest absolute Gasteiger partial charge is 0.480 e. The van der Waals surface area contributed by atoms with Crippen LogP contribution in [0.3, 0.4) is 0 Å². The molecule has 21 heavy (non-hydrogen) atoms. The van der Waals surface area contributed by atoms with Gasteiger partial charge in [-0.25, -0.2) is 9.59 Å². The molecule has 7 heteroatoms. The maximum atomic E-state index is 12.1. The van der Waals surface area contributed by atoms with Crippen molar-refractivity contribution in [1.29, 1.82) is 0 Å². The van der Waals surface area contributed by atoms with E-state index in [-0.39, 0.29) is 6.03 Å². The number of urea groups is 1. The third-order valence-electron chi connectivity index (χ3n) is 3.44. The molecule has 7 nitrogen and oxygen atoms in total. The van der Waals surface area contributed by atoms with Crippen LogP contribution >= 0.6 is 0 Å². The highest BCUT2D eigenvalue weighted by atomic mass is 16.4. The van der Waals surface area contributed by atoms with E-state index < -0.39 is 17.6 Å². The van der Waals surface area contributed by atoms with Crippen molar-refractivity contribution in [2.45, 2.75) is 45.3 Å². The summed E-state index contributed by atoms with van der Waals surface area (Å²) in [5, 5.41) is 21.4. The fourth-order valence-corrected chi connectivity index (χ4v) is 2.44. The Kier molecular flexibility index (Phi) is 6.42. The van der Waals surface area contributed by atoms with Gasteiger partial charge < -0.3 is 20.4 Å². The first-order valence-electron chi connectivity index (χ1n) is 7.46. The van der Waals surface area contributed by atoms with Gasteiger partial charge in [-0.2, -0.15) is 0 Å². The maximum Gasteiger partial charge on any atom is 0.326 e. The van der Waals surface area contributed by atoms with E-state index in [0.717, 1.165) is 0 Å². The smallest absolute Gasteiger partial charge is 0.326 e. The number of carboxylic acids is 1. The fourth-order valence-electron chi connectivity index (χ4n) is 2.44. The van der Waals surface area contributed by atoms with Crippen LogP contribution in [-0.2, 0) is 4.79 Å². The van der Waals surface area contributed by atoms with Crippen molar-refractivity contribution in [3.8, 4) is 0 Å². The Labute approximate surface area is 125 Å². The molecule has 0 aromatic heterocycles. The van der Waals surface area contributed by atoms with Crippen molar-refractivity contribution < 1.29 is 19.8 Å². The van der Waals surface area contributed by atoms with Crippen LogP contribution in [0, 0.1) is 0 Å². The number of carbonyl (C=O) groups is 2. The number of hydrogen-bond donors (Lipinski definition) is 3. The number of rotatable bonds is 6. The molecule has 1 heterocycles. The van der Waals surface area contributed by atoms with Crippen LogP contribution in [0.4, 0.5) is 4.79 Å². The van der Waals surface area contributed by atoms with E-state index >= 15 is 0 Å². The highest BCUT2D eigenvalue weighted by Crippen LogP contribution is 2.09. The van der Waals surface area contributed by atoms with Gasteiger partial charge in [-0.15, -0.1) is 0 Å². The summed E-state index contributed by atoms with van der Waals surface area (Å²) in [4.78, 5) is 26.8. The summed E-state index contributed by atoms with van der Waals surface area (Å²) in [6.07, 6.45) is 1.14. The standard InChI is InChI=1S/C14H27N3O4/c1-4-5-11(12(18)19)15-13(20)17-8-6-16(7-9-17)10-14(2,3)21/h11,21H,4-10H2,1-3H3,(H,15,20)(H,18,19)/t11-/m1/s1. The Bertz CT molecular complexity index is 360. The average molecular weight is 301 g/mol. The summed E-state index contributed by atoms with van der Waals surface area (Å²) in [5.74, 6) is -0.995. The maximum absolute atomic E-state index is 12.1. The van der Waals surface area contributed by atoms with Crippen molar-refractivity contribution in [2.75, 3.05) is 32.7 Å². The first-order valence-corrected chi connectivity index (χ1v) is 7.46. The van der Waals surface area contributed by atoms with Gasteiger partial charge >= 0.3 is 12.0 Å². The molecule has 0 aliphatic carbocycles. The highest BCUT2D eigenvalue weighted by Gasteiger charge is 2.27. The molecule has 1 aliphatic heterocycles. The van der Waals surface area contributed by atoms with Crippen LogP contribution in [0.15, 0.2) is 0 Å². The van der Waals surface area contributed by atoms with Crippen LogP contribution in [0.2, 0.25) is 0 Å². The monoisotopic (exact) mass is 301 g/mol. The average Bonchev–Trinajstić information content (AvgIpc) is 2.36. The zero-order valence-corrected chi connectivity index (χ0v) is 13.1. The van der Waals surface area contributed by atoms with Gasteiger partial charge in [0.1, 0.15) is 6.04 Å². The lowest BCUT2D eigenvalue weighted by molar-refractivity contribution is -0.139. The van der Waals surface area contributed by atoms with E-state index in [1.807, 2.05) is 6.92 Å². The summed E-state index contributed by atoms with van der Waals surface area (Å²) >= 11 is 0. The molecule has 3 N–H and O–H groups in total. The van der Waals surface area contributed by atoms with Gasteiger partial charge in [-0.05, 0) is 20.3 Å². The van der Waals surface area contributed by atoms with Gasteiger partial charge in [0.15, 0.2) is 0 Å². The Morgan fingerprint density at radius 2 is 1.81 bits per heavy atom. The Morgan fingerprint density at radius 3 is 2.24 bits per heavy atom. The zero-order valence-electron chi connectivity index (χ0n) is 13.1. The van der Waals surface area contributed by atoms with E-state index in [4.69, 9.17) is 5.11 Å². The lowest BCUT2D eigenvalue weighted by Gasteiger charge is -2.37. The van der Waals surface area contributed by atoms with E-state index in [1.54, 1.807) is 18.7 Å². The van der Waals surface area contributed by atoms with Gasteiger partial charge in [0.05, 0.1) is 5.60 Å². The molecular weight excluding hydrogens is 274 g/mol. The molecule has 122 valence electrons. The molecule has 1 fully saturated rings. The second-order valence-corrected chi connectivity index (χ2v) is 6.20. The van der Waals surface area contributed by atoms with E-state index in [0.29, 0.717) is 45.6 Å². The van der Waals surface area contributed by atoms with Crippen LogP contribution in [-0.4, -0.2) is 76.4 Å². The molecule has 1 aliphatic rings. The Balaban J connectivity index is 2.42. The molecule has 0 spiro atoms. The number of nitrogens with one attached hydrogen (secondary N) is 1. The molecule has 0 aromatic rings. The normalized spacial score (nSPS) is 18.4. The third-order valence-corrected chi connectivity index (χ3v) is 3.44. The number of aliphatic carboxylic acids is 1. The highest BCUT2D eigenvalue weighted by molar-refractivity contribution is 5.82. The summed E-state index contributed by atoms with van der Waals surface area (Å²) in [5.41, 5.74) is -0.750. The summed E-state index contributed by atoms with van der Waals surface area (Å²) < 4.78 is 0. The van der Waals surface area contributed by atoms with Crippen molar-refractivity contribution in [1.82, 2.24) is 15.1 Å². The molecule has 1 saturated heterocycles. The molecule has 1 atom stereocenters. The third kappa shape index (κ3) is 6.31. The molecule has 1 rings (SSSR count). The van der Waals surface area contributed by atoms with Crippen molar-refractivity contribution in [3.05, 3.63) is 0 Å². The number of nitrogens with zero attached hydrogens (tertiary/aromatic N) is 2. The summed E-state index contributed by atoms with van der Waals surface area (Å²) in [7, 11) is 0. The number of amides is 2. The summed E-state index contributed by atoms with van der Waals surface area (Å²) in [6.45, 7) is 8.42. The Morgan fingerprint density at radius 1 is 1.24 bits per heavy atom. The predicted octanol–water partition coefficient (Wildman–Crippen LogP) is 0.338. The lowest BCUT2D eigenvalue weighted by Crippen LogP contribution is -2.56. The van der Waals surface area contributed by atoms with Gasteiger partial charge in [-0.1, -0.05) is 13.3 Å². The van der Waals surface area contributed by atoms with Crippen LogP contribution in [0.5, 0.6) is 0 Å². The lowest BCUT2D eigenvalue weighted by atomic mass is 10.1. The van der Waals surface area contributed by atoms with Crippen LogP contribution in [0.25, 0.3) is 0 Å². The predicted molar refractivity (Wildman–Crippen MR) is 79.2 cm³/mol.